The number of hydrogen-bond donors (Lipinski definition) is 0. The highest BCUT2D eigenvalue weighted by molar-refractivity contribution is 5.83. The van der Waals surface area contributed by atoms with Crippen LogP contribution in [-0.4, -0.2) is 13.1 Å². The Balaban J connectivity index is 3.85. The highest BCUT2D eigenvalue weighted by Gasteiger charge is 1.99. The first-order valence-corrected chi connectivity index (χ1v) is 6.53. The van der Waals surface area contributed by atoms with Gasteiger partial charge >= 0.3 is 5.97 Å². The van der Waals surface area contributed by atoms with Crippen LogP contribution in [0.25, 0.3) is 0 Å². The molecule has 0 heterocycles. The molecule has 0 bridgehead atoms. The smallest absolute Gasteiger partial charge is 0.330 e. The van der Waals surface area contributed by atoms with Crippen LogP contribution in [0.5, 0.6) is 0 Å². The van der Waals surface area contributed by atoms with Gasteiger partial charge < -0.3 is 4.74 Å². The van der Waals surface area contributed by atoms with Gasteiger partial charge in [-0.15, -0.1) is 0 Å². The standard InChI is InChI=1S/C15H26O2/c1-5-6-7-9-13(2)10-8-11-14(3)12-15(16)17-4/h8,11-13H,5-7,9-10H2,1-4H3. The minimum absolute atomic E-state index is 0.289. The molecule has 0 rings (SSSR count). The van der Waals surface area contributed by atoms with E-state index in [1.165, 1.54) is 38.9 Å². The first kappa shape index (κ1) is 16.0. The molecule has 0 aliphatic rings. The second kappa shape index (κ2) is 10.1. The summed E-state index contributed by atoms with van der Waals surface area (Å²) in [6.07, 6.45) is 12.0. The van der Waals surface area contributed by atoms with Crippen LogP contribution < -0.4 is 0 Å². The number of carbonyl (C=O) groups is 1. The second-order valence-corrected chi connectivity index (χ2v) is 4.65. The zero-order valence-electron chi connectivity index (χ0n) is 11.7. The van der Waals surface area contributed by atoms with Crippen molar-refractivity contribution in [3.05, 3.63) is 23.8 Å². The molecule has 0 spiro atoms. The first-order chi connectivity index (χ1) is 8.10. The average Bonchev–Trinajstić information content (AvgIpc) is 2.29. The maximum absolute atomic E-state index is 11.0. The van der Waals surface area contributed by atoms with Gasteiger partial charge in [0.1, 0.15) is 0 Å². The van der Waals surface area contributed by atoms with Crippen LogP contribution in [0.1, 0.15) is 52.9 Å². The van der Waals surface area contributed by atoms with Crippen molar-refractivity contribution in [2.24, 2.45) is 5.92 Å². The number of esters is 1. The highest BCUT2D eigenvalue weighted by Crippen LogP contribution is 2.13. The number of ether oxygens (including phenoxy) is 1. The average molecular weight is 238 g/mol. The number of allylic oxidation sites excluding steroid dienone is 3. The zero-order chi connectivity index (χ0) is 13.1. The van der Waals surface area contributed by atoms with Crippen molar-refractivity contribution in [1.29, 1.82) is 0 Å². The van der Waals surface area contributed by atoms with Gasteiger partial charge in [0.2, 0.25) is 0 Å². The second-order valence-electron chi connectivity index (χ2n) is 4.65. The molecule has 98 valence electrons. The van der Waals surface area contributed by atoms with E-state index in [0.29, 0.717) is 0 Å². The molecule has 0 aromatic rings. The van der Waals surface area contributed by atoms with E-state index in [9.17, 15) is 4.79 Å². The molecule has 0 N–H and O–H groups in total. The van der Waals surface area contributed by atoms with Crippen LogP contribution in [0.2, 0.25) is 0 Å². The van der Waals surface area contributed by atoms with Gasteiger partial charge in [-0.25, -0.2) is 4.79 Å². The third kappa shape index (κ3) is 9.86. The third-order valence-corrected chi connectivity index (χ3v) is 2.77. The number of carbonyl (C=O) groups excluding carboxylic acids is 1. The summed E-state index contributed by atoms with van der Waals surface area (Å²) in [5.41, 5.74) is 0.942. The van der Waals surface area contributed by atoms with Gasteiger partial charge in [-0.2, -0.15) is 0 Å². The summed E-state index contributed by atoms with van der Waals surface area (Å²) in [7, 11) is 1.39. The summed E-state index contributed by atoms with van der Waals surface area (Å²) in [5.74, 6) is 0.437. The van der Waals surface area contributed by atoms with Gasteiger partial charge in [0.15, 0.2) is 0 Å². The topological polar surface area (TPSA) is 26.3 Å². The predicted molar refractivity (Wildman–Crippen MR) is 72.8 cm³/mol. The van der Waals surface area contributed by atoms with Gasteiger partial charge in [0, 0.05) is 6.08 Å². The molecule has 0 amide bonds. The lowest BCUT2D eigenvalue weighted by molar-refractivity contribution is -0.134. The van der Waals surface area contributed by atoms with Gasteiger partial charge in [0.25, 0.3) is 0 Å². The van der Waals surface area contributed by atoms with E-state index >= 15 is 0 Å². The van der Waals surface area contributed by atoms with E-state index < -0.39 is 0 Å². The fraction of sp³-hybridized carbons (Fsp3) is 0.667. The van der Waals surface area contributed by atoms with Gasteiger partial charge in [-0.3, -0.25) is 0 Å². The molecule has 0 saturated carbocycles. The van der Waals surface area contributed by atoms with E-state index in [0.717, 1.165) is 17.9 Å². The Morgan fingerprint density at radius 3 is 2.65 bits per heavy atom. The molecular formula is C15H26O2. The Hall–Kier alpha value is -1.05. The van der Waals surface area contributed by atoms with Crippen LogP contribution in [0, 0.1) is 5.92 Å². The van der Waals surface area contributed by atoms with Crippen molar-refractivity contribution in [3.8, 4) is 0 Å². The van der Waals surface area contributed by atoms with E-state index in [2.05, 4.69) is 24.7 Å². The SMILES string of the molecule is CCCCCC(C)CC=CC(C)=CC(=O)OC. The van der Waals surface area contributed by atoms with E-state index in [-0.39, 0.29) is 5.97 Å². The zero-order valence-corrected chi connectivity index (χ0v) is 11.7. The van der Waals surface area contributed by atoms with Gasteiger partial charge in [0.05, 0.1) is 7.11 Å². The largest absolute Gasteiger partial charge is 0.466 e. The molecule has 1 atom stereocenters. The molecule has 17 heavy (non-hydrogen) atoms. The summed E-state index contributed by atoms with van der Waals surface area (Å²) < 4.78 is 4.56. The fourth-order valence-electron chi connectivity index (χ4n) is 1.64. The number of hydrogen-bond acceptors (Lipinski definition) is 2. The molecule has 0 saturated heterocycles. The quantitative estimate of drug-likeness (QED) is 0.273. The minimum atomic E-state index is -0.289. The predicted octanol–water partition coefficient (Wildman–Crippen LogP) is 4.27. The lowest BCUT2D eigenvalue weighted by atomic mass is 9.99. The summed E-state index contributed by atoms with van der Waals surface area (Å²) in [6.45, 7) is 6.42. The van der Waals surface area contributed by atoms with Crippen molar-refractivity contribution in [2.75, 3.05) is 7.11 Å². The Bertz CT molecular complexity index is 264. The van der Waals surface area contributed by atoms with Crippen molar-refractivity contribution in [1.82, 2.24) is 0 Å². The number of methoxy groups -OCH3 is 1. The Kier molecular flexibility index (Phi) is 9.50. The maximum atomic E-state index is 11.0. The summed E-state index contributed by atoms with van der Waals surface area (Å²) >= 11 is 0. The molecule has 0 aromatic carbocycles. The molecule has 2 nitrogen and oxygen atoms in total. The number of rotatable bonds is 8. The van der Waals surface area contributed by atoms with Gasteiger partial charge in [-0.05, 0) is 24.8 Å². The lowest BCUT2D eigenvalue weighted by Crippen LogP contribution is -1.95. The molecular weight excluding hydrogens is 212 g/mol. The van der Waals surface area contributed by atoms with Crippen LogP contribution >= 0.6 is 0 Å². The van der Waals surface area contributed by atoms with Crippen molar-refractivity contribution in [2.45, 2.75) is 52.9 Å². The molecule has 1 unspecified atom stereocenters. The third-order valence-electron chi connectivity index (χ3n) is 2.77. The monoisotopic (exact) mass is 238 g/mol. The van der Waals surface area contributed by atoms with Crippen LogP contribution in [0.3, 0.4) is 0 Å². The van der Waals surface area contributed by atoms with Crippen molar-refractivity contribution < 1.29 is 9.53 Å². The highest BCUT2D eigenvalue weighted by atomic mass is 16.5. The Morgan fingerprint density at radius 1 is 1.35 bits per heavy atom. The minimum Gasteiger partial charge on any atom is -0.466 e. The molecule has 0 fully saturated rings. The Labute approximate surface area is 106 Å². The van der Waals surface area contributed by atoms with E-state index in [4.69, 9.17) is 0 Å². The molecule has 0 aliphatic heterocycles. The van der Waals surface area contributed by atoms with E-state index in [1.807, 2.05) is 13.0 Å². The van der Waals surface area contributed by atoms with Crippen molar-refractivity contribution >= 4 is 5.97 Å². The summed E-state index contributed by atoms with van der Waals surface area (Å²) in [4.78, 5) is 11.0. The van der Waals surface area contributed by atoms with Crippen LogP contribution in [0.4, 0.5) is 0 Å². The summed E-state index contributed by atoms with van der Waals surface area (Å²) in [5, 5.41) is 0. The van der Waals surface area contributed by atoms with E-state index in [1.54, 1.807) is 0 Å². The summed E-state index contributed by atoms with van der Waals surface area (Å²) in [6, 6.07) is 0. The molecule has 2 heteroatoms. The van der Waals surface area contributed by atoms with Crippen molar-refractivity contribution in [3.63, 3.8) is 0 Å². The first-order valence-electron chi connectivity index (χ1n) is 6.53. The molecule has 0 aliphatic carbocycles. The molecule has 0 aromatic heterocycles. The number of unbranched alkanes of at least 4 members (excludes halogenated alkanes) is 2. The van der Waals surface area contributed by atoms with Crippen LogP contribution in [-0.2, 0) is 9.53 Å². The molecule has 0 radical (unpaired) electrons. The van der Waals surface area contributed by atoms with Gasteiger partial charge in [-0.1, -0.05) is 51.7 Å². The maximum Gasteiger partial charge on any atom is 0.330 e. The normalized spacial score (nSPS) is 14.0. The lowest BCUT2D eigenvalue weighted by Gasteiger charge is -2.07. The fourth-order valence-corrected chi connectivity index (χ4v) is 1.64. The Morgan fingerprint density at radius 2 is 2.06 bits per heavy atom. The van der Waals surface area contributed by atoms with Crippen LogP contribution in [0.15, 0.2) is 23.8 Å².